The first-order valence-corrected chi connectivity index (χ1v) is 8.74. The highest BCUT2D eigenvalue weighted by atomic mass is 32.1. The SMILES string of the molecule is Cc1csc([C@H](C#N)C=N[C@H]2CCN(Cc3ccccc3)C2)n1. The lowest BCUT2D eigenvalue weighted by Gasteiger charge is -2.14. The molecule has 0 N–H and O–H groups in total. The number of aliphatic imine (C=N–C) groups is 1. The van der Waals surface area contributed by atoms with Gasteiger partial charge >= 0.3 is 0 Å². The van der Waals surface area contributed by atoms with Crippen molar-refractivity contribution in [2.24, 2.45) is 4.99 Å². The van der Waals surface area contributed by atoms with Gasteiger partial charge in [-0.1, -0.05) is 30.3 Å². The van der Waals surface area contributed by atoms with Crippen molar-refractivity contribution in [1.29, 1.82) is 5.26 Å². The molecular formula is C18H20N4S. The van der Waals surface area contributed by atoms with E-state index >= 15 is 0 Å². The summed E-state index contributed by atoms with van der Waals surface area (Å²) < 4.78 is 0. The normalized spacial score (nSPS) is 19.9. The predicted molar refractivity (Wildman–Crippen MR) is 93.8 cm³/mol. The highest BCUT2D eigenvalue weighted by Crippen LogP contribution is 2.20. The number of aryl methyl sites for hydroxylation is 1. The third kappa shape index (κ3) is 4.25. The van der Waals surface area contributed by atoms with Gasteiger partial charge in [0.15, 0.2) is 0 Å². The Morgan fingerprint density at radius 1 is 1.48 bits per heavy atom. The van der Waals surface area contributed by atoms with Crippen molar-refractivity contribution in [2.75, 3.05) is 13.1 Å². The summed E-state index contributed by atoms with van der Waals surface area (Å²) in [5.74, 6) is -0.322. The standard InChI is InChI=1S/C18H20N4S/c1-14-13-23-18(21-14)16(9-19)10-20-17-7-8-22(12-17)11-15-5-3-2-4-6-15/h2-6,10,13,16-17H,7-8,11-12H2,1H3/t16-,17+/m1/s1. The first kappa shape index (κ1) is 15.9. The van der Waals surface area contributed by atoms with Crippen molar-refractivity contribution in [3.8, 4) is 6.07 Å². The second-order valence-corrected chi connectivity index (χ2v) is 6.78. The summed E-state index contributed by atoms with van der Waals surface area (Å²) in [6, 6.07) is 13.1. The van der Waals surface area contributed by atoms with Crippen LogP contribution in [0.2, 0.25) is 0 Å². The molecule has 1 aromatic carbocycles. The molecule has 0 aliphatic carbocycles. The molecule has 2 heterocycles. The molecule has 118 valence electrons. The Balaban J connectivity index is 1.56. The third-order valence-electron chi connectivity index (χ3n) is 3.98. The van der Waals surface area contributed by atoms with Gasteiger partial charge in [-0.2, -0.15) is 5.26 Å². The molecule has 2 aromatic rings. The molecule has 0 amide bonds. The van der Waals surface area contributed by atoms with Crippen molar-refractivity contribution < 1.29 is 0 Å². The van der Waals surface area contributed by atoms with Crippen LogP contribution in [0.5, 0.6) is 0 Å². The fourth-order valence-corrected chi connectivity index (χ4v) is 3.60. The van der Waals surface area contributed by atoms with Crippen LogP contribution in [0.4, 0.5) is 0 Å². The Labute approximate surface area is 141 Å². The van der Waals surface area contributed by atoms with E-state index in [1.54, 1.807) is 6.21 Å². The van der Waals surface area contributed by atoms with E-state index < -0.39 is 0 Å². The number of aromatic nitrogens is 1. The Morgan fingerprint density at radius 3 is 3.00 bits per heavy atom. The van der Waals surface area contributed by atoms with Gasteiger partial charge in [-0.05, 0) is 18.9 Å². The molecule has 1 aliphatic rings. The minimum atomic E-state index is -0.322. The molecule has 0 spiro atoms. The molecule has 1 saturated heterocycles. The number of nitriles is 1. The van der Waals surface area contributed by atoms with Crippen LogP contribution in [-0.2, 0) is 6.54 Å². The maximum atomic E-state index is 9.32. The molecule has 0 radical (unpaired) electrons. The zero-order valence-electron chi connectivity index (χ0n) is 13.2. The van der Waals surface area contributed by atoms with Crippen LogP contribution >= 0.6 is 11.3 Å². The molecule has 1 aliphatic heterocycles. The van der Waals surface area contributed by atoms with Gasteiger partial charge < -0.3 is 0 Å². The van der Waals surface area contributed by atoms with Crippen LogP contribution in [0.1, 0.15) is 28.6 Å². The molecule has 0 saturated carbocycles. The molecule has 0 unspecified atom stereocenters. The zero-order valence-corrected chi connectivity index (χ0v) is 14.0. The van der Waals surface area contributed by atoms with Crippen molar-refractivity contribution in [3.05, 3.63) is 52.0 Å². The second-order valence-electron chi connectivity index (χ2n) is 5.90. The first-order valence-electron chi connectivity index (χ1n) is 7.86. The number of thiazole rings is 1. The van der Waals surface area contributed by atoms with Gasteiger partial charge in [0.25, 0.3) is 0 Å². The number of hydrogen-bond acceptors (Lipinski definition) is 5. The van der Waals surface area contributed by atoms with Crippen LogP contribution in [0.25, 0.3) is 0 Å². The fourth-order valence-electron chi connectivity index (χ4n) is 2.79. The molecule has 1 fully saturated rings. The Bertz CT molecular complexity index is 701. The van der Waals surface area contributed by atoms with Crippen LogP contribution in [0, 0.1) is 18.3 Å². The summed E-state index contributed by atoms with van der Waals surface area (Å²) in [6.45, 7) is 4.94. The van der Waals surface area contributed by atoms with E-state index in [0.717, 1.165) is 36.8 Å². The molecule has 1 aromatic heterocycles. The van der Waals surface area contributed by atoms with E-state index in [4.69, 9.17) is 0 Å². The van der Waals surface area contributed by atoms with Gasteiger partial charge in [-0.15, -0.1) is 11.3 Å². The van der Waals surface area contributed by atoms with Crippen LogP contribution in [0.3, 0.4) is 0 Å². The number of likely N-dealkylation sites (tertiary alicyclic amines) is 1. The summed E-state index contributed by atoms with van der Waals surface area (Å²) in [5, 5.41) is 12.1. The molecule has 4 nitrogen and oxygen atoms in total. The third-order valence-corrected chi connectivity index (χ3v) is 5.03. The number of rotatable bonds is 5. The molecule has 0 bridgehead atoms. The maximum absolute atomic E-state index is 9.32. The summed E-state index contributed by atoms with van der Waals surface area (Å²) >= 11 is 1.53. The highest BCUT2D eigenvalue weighted by Gasteiger charge is 2.22. The zero-order chi connectivity index (χ0) is 16.1. The van der Waals surface area contributed by atoms with Gasteiger partial charge in [-0.25, -0.2) is 4.98 Å². The van der Waals surface area contributed by atoms with Crippen LogP contribution in [0.15, 0.2) is 40.7 Å². The number of nitrogens with zero attached hydrogens (tertiary/aromatic N) is 4. The minimum absolute atomic E-state index is 0.288. The maximum Gasteiger partial charge on any atom is 0.133 e. The molecule has 5 heteroatoms. The summed E-state index contributed by atoms with van der Waals surface area (Å²) in [5.41, 5.74) is 2.30. The summed E-state index contributed by atoms with van der Waals surface area (Å²) in [6.07, 6.45) is 2.84. The topological polar surface area (TPSA) is 52.3 Å². The van der Waals surface area contributed by atoms with Gasteiger partial charge in [0.1, 0.15) is 10.9 Å². The van der Waals surface area contributed by atoms with E-state index in [0.29, 0.717) is 0 Å². The molecule has 2 atom stereocenters. The van der Waals surface area contributed by atoms with E-state index in [2.05, 4.69) is 45.2 Å². The first-order chi connectivity index (χ1) is 11.2. The number of hydrogen-bond donors (Lipinski definition) is 0. The van der Waals surface area contributed by atoms with Crippen molar-refractivity contribution in [1.82, 2.24) is 9.88 Å². The number of benzene rings is 1. The molecule has 3 rings (SSSR count). The van der Waals surface area contributed by atoms with Gasteiger partial charge in [0, 0.05) is 36.9 Å². The van der Waals surface area contributed by atoms with Crippen LogP contribution in [-0.4, -0.2) is 35.2 Å². The van der Waals surface area contributed by atoms with E-state index in [9.17, 15) is 5.26 Å². The smallest absolute Gasteiger partial charge is 0.133 e. The Morgan fingerprint density at radius 2 is 2.30 bits per heavy atom. The van der Waals surface area contributed by atoms with E-state index in [-0.39, 0.29) is 12.0 Å². The average molecular weight is 324 g/mol. The van der Waals surface area contributed by atoms with Gasteiger partial charge in [0.2, 0.25) is 0 Å². The molecular weight excluding hydrogens is 304 g/mol. The predicted octanol–water partition coefficient (Wildman–Crippen LogP) is 3.40. The fraction of sp³-hybridized carbons (Fsp3) is 0.389. The summed E-state index contributed by atoms with van der Waals surface area (Å²) in [4.78, 5) is 11.5. The van der Waals surface area contributed by atoms with Gasteiger partial charge in [0.05, 0.1) is 12.1 Å². The van der Waals surface area contributed by atoms with Crippen molar-refractivity contribution in [2.45, 2.75) is 31.8 Å². The largest absolute Gasteiger partial charge is 0.297 e. The van der Waals surface area contributed by atoms with E-state index in [1.165, 1.54) is 16.9 Å². The summed E-state index contributed by atoms with van der Waals surface area (Å²) in [7, 11) is 0. The monoisotopic (exact) mass is 324 g/mol. The van der Waals surface area contributed by atoms with Gasteiger partial charge in [-0.3, -0.25) is 9.89 Å². The van der Waals surface area contributed by atoms with E-state index in [1.807, 2.05) is 18.4 Å². The molecule has 23 heavy (non-hydrogen) atoms. The highest BCUT2D eigenvalue weighted by molar-refractivity contribution is 7.09. The Hall–Kier alpha value is -2.03. The lowest BCUT2D eigenvalue weighted by Crippen LogP contribution is -2.21. The quantitative estimate of drug-likeness (QED) is 0.792. The minimum Gasteiger partial charge on any atom is -0.297 e. The van der Waals surface area contributed by atoms with Crippen LogP contribution < -0.4 is 0 Å². The second kappa shape index (κ2) is 7.49. The van der Waals surface area contributed by atoms with Crippen molar-refractivity contribution >= 4 is 17.6 Å². The van der Waals surface area contributed by atoms with Crippen molar-refractivity contribution in [3.63, 3.8) is 0 Å². The lowest BCUT2D eigenvalue weighted by atomic mass is 10.2. The lowest BCUT2D eigenvalue weighted by molar-refractivity contribution is 0.327. The Kier molecular flexibility index (Phi) is 5.16. The average Bonchev–Trinajstić information content (AvgIpc) is 3.19.